The number of piperidine rings is 1. The quantitative estimate of drug-likeness (QED) is 0.738. The zero-order valence-electron chi connectivity index (χ0n) is 11.6. The van der Waals surface area contributed by atoms with Crippen molar-refractivity contribution in [2.45, 2.75) is 52.0 Å². The first-order valence-corrected chi connectivity index (χ1v) is 8.28. The maximum atomic E-state index is 12.2. The van der Waals surface area contributed by atoms with Gasteiger partial charge in [0.25, 0.3) is 10.2 Å². The molecule has 0 aromatic rings. The van der Waals surface area contributed by atoms with E-state index in [9.17, 15) is 13.2 Å². The number of nitrogens with zero attached hydrogens (tertiary/aromatic N) is 1. The maximum absolute atomic E-state index is 12.2. The summed E-state index contributed by atoms with van der Waals surface area (Å²) in [5.41, 5.74) is 0. The number of aliphatic carboxylic acids is 1. The van der Waals surface area contributed by atoms with Gasteiger partial charge in [-0.2, -0.15) is 17.4 Å². The van der Waals surface area contributed by atoms with Gasteiger partial charge in [-0.25, -0.2) is 0 Å². The van der Waals surface area contributed by atoms with E-state index in [1.807, 2.05) is 13.8 Å². The van der Waals surface area contributed by atoms with Crippen LogP contribution in [0, 0.1) is 5.92 Å². The Kier molecular flexibility index (Phi) is 6.22. The number of carboxylic acid groups (broad SMARTS) is 1. The largest absolute Gasteiger partial charge is 0.481 e. The summed E-state index contributed by atoms with van der Waals surface area (Å²) < 4.78 is 28.4. The Bertz CT molecular complexity index is 397. The van der Waals surface area contributed by atoms with Crippen LogP contribution in [0.2, 0.25) is 0 Å². The van der Waals surface area contributed by atoms with Crippen LogP contribution in [-0.2, 0) is 15.0 Å². The monoisotopic (exact) mass is 292 g/mol. The lowest BCUT2D eigenvalue weighted by molar-refractivity contribution is -0.137. The summed E-state index contributed by atoms with van der Waals surface area (Å²) in [7, 11) is -3.56. The predicted molar refractivity (Wildman–Crippen MR) is 73.0 cm³/mol. The molecule has 1 aliphatic heterocycles. The highest BCUT2D eigenvalue weighted by Gasteiger charge is 2.29. The first kappa shape index (κ1) is 16.4. The average molecular weight is 292 g/mol. The normalized spacial score (nSPS) is 23.2. The van der Waals surface area contributed by atoms with Crippen LogP contribution in [0.25, 0.3) is 0 Å². The van der Waals surface area contributed by atoms with Crippen LogP contribution in [0.4, 0.5) is 0 Å². The molecule has 1 rings (SSSR count). The molecule has 0 spiro atoms. The summed E-state index contributed by atoms with van der Waals surface area (Å²) >= 11 is 0. The molecule has 0 saturated carbocycles. The van der Waals surface area contributed by atoms with Gasteiger partial charge in [0, 0.05) is 19.1 Å². The van der Waals surface area contributed by atoms with Gasteiger partial charge in [0.1, 0.15) is 0 Å². The van der Waals surface area contributed by atoms with E-state index in [2.05, 4.69) is 4.72 Å². The first-order chi connectivity index (χ1) is 8.85. The Hall–Kier alpha value is -0.660. The molecule has 1 saturated heterocycles. The van der Waals surface area contributed by atoms with Crippen molar-refractivity contribution in [2.75, 3.05) is 13.1 Å². The van der Waals surface area contributed by atoms with E-state index in [-0.39, 0.29) is 6.42 Å². The number of hydrogen-bond acceptors (Lipinski definition) is 3. The molecule has 19 heavy (non-hydrogen) atoms. The third-order valence-electron chi connectivity index (χ3n) is 3.33. The molecule has 2 atom stereocenters. The van der Waals surface area contributed by atoms with Gasteiger partial charge in [-0.3, -0.25) is 4.79 Å². The fraction of sp³-hybridized carbons (Fsp3) is 0.917. The minimum absolute atomic E-state index is 0.170. The van der Waals surface area contributed by atoms with Crippen LogP contribution in [0.15, 0.2) is 0 Å². The Labute approximate surface area is 115 Å². The molecular weight excluding hydrogens is 268 g/mol. The van der Waals surface area contributed by atoms with E-state index in [4.69, 9.17) is 5.11 Å². The zero-order chi connectivity index (χ0) is 14.5. The van der Waals surface area contributed by atoms with Crippen LogP contribution in [0.1, 0.15) is 46.0 Å². The van der Waals surface area contributed by atoms with E-state index in [0.29, 0.717) is 25.4 Å². The van der Waals surface area contributed by atoms with Gasteiger partial charge in [-0.1, -0.05) is 20.3 Å². The summed E-state index contributed by atoms with van der Waals surface area (Å²) in [6.07, 6.45) is 3.02. The van der Waals surface area contributed by atoms with Crippen molar-refractivity contribution in [3.05, 3.63) is 0 Å². The summed E-state index contributed by atoms with van der Waals surface area (Å²) in [5, 5.41) is 8.81. The third kappa shape index (κ3) is 5.46. The molecule has 112 valence electrons. The molecule has 1 aliphatic rings. The van der Waals surface area contributed by atoms with Gasteiger partial charge < -0.3 is 5.11 Å². The van der Waals surface area contributed by atoms with E-state index in [1.165, 1.54) is 4.31 Å². The van der Waals surface area contributed by atoms with E-state index >= 15 is 0 Å². The molecular formula is C12H24N2O4S. The second kappa shape index (κ2) is 7.21. The topological polar surface area (TPSA) is 86.7 Å². The maximum Gasteiger partial charge on any atom is 0.304 e. The van der Waals surface area contributed by atoms with Crippen LogP contribution in [0.5, 0.6) is 0 Å². The van der Waals surface area contributed by atoms with Gasteiger partial charge in [0.05, 0.1) is 6.42 Å². The van der Waals surface area contributed by atoms with Gasteiger partial charge >= 0.3 is 5.97 Å². The third-order valence-corrected chi connectivity index (χ3v) is 4.98. The second-order valence-corrected chi connectivity index (χ2v) is 7.01. The van der Waals surface area contributed by atoms with Crippen molar-refractivity contribution in [2.24, 2.45) is 5.92 Å². The van der Waals surface area contributed by atoms with Gasteiger partial charge in [-0.05, 0) is 25.2 Å². The lowest BCUT2D eigenvalue weighted by Gasteiger charge is -2.31. The first-order valence-electron chi connectivity index (χ1n) is 6.84. The molecule has 0 bridgehead atoms. The highest BCUT2D eigenvalue weighted by Crippen LogP contribution is 2.18. The van der Waals surface area contributed by atoms with Crippen molar-refractivity contribution >= 4 is 16.2 Å². The van der Waals surface area contributed by atoms with E-state index < -0.39 is 22.2 Å². The van der Waals surface area contributed by atoms with Gasteiger partial charge in [-0.15, -0.1) is 0 Å². The number of carbonyl (C=O) groups is 1. The molecule has 0 aliphatic carbocycles. The minimum atomic E-state index is -3.56. The summed E-state index contributed by atoms with van der Waals surface area (Å²) in [4.78, 5) is 10.8. The Morgan fingerprint density at radius 1 is 1.53 bits per heavy atom. The minimum Gasteiger partial charge on any atom is -0.481 e. The smallest absolute Gasteiger partial charge is 0.304 e. The van der Waals surface area contributed by atoms with Crippen molar-refractivity contribution < 1.29 is 18.3 Å². The van der Waals surface area contributed by atoms with Crippen molar-refractivity contribution in [3.63, 3.8) is 0 Å². The average Bonchev–Trinajstić information content (AvgIpc) is 2.27. The number of hydrogen-bond donors (Lipinski definition) is 2. The number of rotatable bonds is 7. The highest BCUT2D eigenvalue weighted by atomic mass is 32.2. The lowest BCUT2D eigenvalue weighted by Crippen LogP contribution is -2.49. The van der Waals surface area contributed by atoms with Crippen LogP contribution in [0.3, 0.4) is 0 Å². The number of nitrogens with one attached hydrogen (secondary N) is 1. The Morgan fingerprint density at radius 2 is 2.21 bits per heavy atom. The van der Waals surface area contributed by atoms with E-state index in [1.54, 1.807) is 0 Å². The summed E-state index contributed by atoms with van der Waals surface area (Å²) in [5.74, 6) is -0.623. The molecule has 6 nitrogen and oxygen atoms in total. The van der Waals surface area contributed by atoms with Crippen LogP contribution < -0.4 is 4.72 Å². The fourth-order valence-electron chi connectivity index (χ4n) is 2.41. The molecule has 2 unspecified atom stereocenters. The summed E-state index contributed by atoms with van der Waals surface area (Å²) in [6.45, 7) is 4.97. The molecule has 0 aromatic carbocycles. The van der Waals surface area contributed by atoms with Gasteiger partial charge in [0.2, 0.25) is 0 Å². The van der Waals surface area contributed by atoms with Crippen LogP contribution >= 0.6 is 0 Å². The fourth-order valence-corrected chi connectivity index (χ4v) is 4.00. The Morgan fingerprint density at radius 3 is 2.74 bits per heavy atom. The van der Waals surface area contributed by atoms with Crippen LogP contribution in [-0.4, -0.2) is 42.9 Å². The van der Waals surface area contributed by atoms with E-state index in [0.717, 1.165) is 19.3 Å². The lowest BCUT2D eigenvalue weighted by atomic mass is 10.0. The SMILES string of the molecule is CCCC(CC(=O)O)NS(=O)(=O)N1CCCC(C)C1. The van der Waals surface area contributed by atoms with Crippen molar-refractivity contribution in [1.29, 1.82) is 0 Å². The zero-order valence-corrected chi connectivity index (χ0v) is 12.4. The Balaban J connectivity index is 2.66. The molecule has 7 heteroatoms. The highest BCUT2D eigenvalue weighted by molar-refractivity contribution is 7.87. The molecule has 1 fully saturated rings. The summed E-state index contributed by atoms with van der Waals surface area (Å²) in [6, 6.07) is -0.523. The molecule has 1 heterocycles. The number of carboxylic acids is 1. The van der Waals surface area contributed by atoms with Crippen molar-refractivity contribution in [1.82, 2.24) is 9.03 Å². The predicted octanol–water partition coefficient (Wildman–Crippen LogP) is 1.20. The molecule has 0 amide bonds. The molecule has 0 radical (unpaired) electrons. The molecule has 0 aromatic heterocycles. The standard InChI is InChI=1S/C12H24N2O4S/c1-3-5-11(8-12(15)16)13-19(17,18)14-7-4-6-10(2)9-14/h10-11,13H,3-9H2,1-2H3,(H,15,16). The second-order valence-electron chi connectivity index (χ2n) is 5.31. The van der Waals surface area contributed by atoms with Crippen molar-refractivity contribution in [3.8, 4) is 0 Å². The van der Waals surface area contributed by atoms with Gasteiger partial charge in [0.15, 0.2) is 0 Å². The molecule has 2 N–H and O–H groups in total.